The van der Waals surface area contributed by atoms with Crippen LogP contribution in [0.5, 0.6) is 0 Å². The fourth-order valence-electron chi connectivity index (χ4n) is 2.05. The fourth-order valence-corrected chi connectivity index (χ4v) is 2.05. The molecule has 1 aliphatic heterocycles. The average Bonchev–Trinajstić information content (AvgIpc) is 2.37. The van der Waals surface area contributed by atoms with Gasteiger partial charge in [0.2, 0.25) is 0 Å². The van der Waals surface area contributed by atoms with Gasteiger partial charge in [-0.2, -0.15) is 0 Å². The van der Waals surface area contributed by atoms with Gasteiger partial charge < -0.3 is 9.47 Å². The minimum absolute atomic E-state index is 0.155. The highest BCUT2D eigenvalue weighted by Gasteiger charge is 2.39. The van der Waals surface area contributed by atoms with Crippen molar-refractivity contribution >= 4 is 0 Å². The maximum Gasteiger partial charge on any atom is 0.168 e. The van der Waals surface area contributed by atoms with E-state index < -0.39 is 0 Å². The zero-order chi connectivity index (χ0) is 7.73. The molecule has 1 spiro atoms. The van der Waals surface area contributed by atoms with Crippen molar-refractivity contribution in [3.8, 4) is 0 Å². The van der Waals surface area contributed by atoms with E-state index in [4.69, 9.17) is 9.47 Å². The molecule has 0 aromatic carbocycles. The Bertz CT molecular complexity index is 138. The van der Waals surface area contributed by atoms with Crippen LogP contribution in [0.4, 0.5) is 0 Å². The summed E-state index contributed by atoms with van der Waals surface area (Å²) >= 11 is 0. The molecule has 0 amide bonds. The molecule has 1 unspecified atom stereocenters. The Kier molecular flexibility index (Phi) is 1.90. The Labute approximate surface area is 67.9 Å². The lowest BCUT2D eigenvalue weighted by atomic mass is 10.2. The van der Waals surface area contributed by atoms with Crippen molar-refractivity contribution < 1.29 is 9.47 Å². The molecule has 1 aliphatic carbocycles. The predicted molar refractivity (Wildman–Crippen MR) is 42.3 cm³/mol. The van der Waals surface area contributed by atoms with E-state index in [1.807, 2.05) is 0 Å². The molecule has 1 saturated carbocycles. The van der Waals surface area contributed by atoms with Crippen molar-refractivity contribution in [3.63, 3.8) is 0 Å². The summed E-state index contributed by atoms with van der Waals surface area (Å²) in [6.07, 6.45) is 6.22. The van der Waals surface area contributed by atoms with Crippen molar-refractivity contribution in [1.29, 1.82) is 0 Å². The van der Waals surface area contributed by atoms with Gasteiger partial charge >= 0.3 is 0 Å². The van der Waals surface area contributed by atoms with Crippen LogP contribution in [0.15, 0.2) is 0 Å². The third-order valence-corrected chi connectivity index (χ3v) is 2.67. The first-order valence-corrected chi connectivity index (χ1v) is 4.63. The van der Waals surface area contributed by atoms with Gasteiger partial charge in [-0.05, 0) is 26.2 Å². The van der Waals surface area contributed by atoms with Gasteiger partial charge in [-0.3, -0.25) is 0 Å². The molecule has 0 N–H and O–H groups in total. The summed E-state index contributed by atoms with van der Waals surface area (Å²) in [5.41, 5.74) is 0. The largest absolute Gasteiger partial charge is 0.350 e. The van der Waals surface area contributed by atoms with Gasteiger partial charge in [-0.25, -0.2) is 0 Å². The first-order valence-electron chi connectivity index (χ1n) is 4.63. The number of hydrogen-bond acceptors (Lipinski definition) is 2. The third kappa shape index (κ3) is 1.42. The van der Waals surface area contributed by atoms with Gasteiger partial charge in [-0.15, -0.1) is 0 Å². The molecule has 1 heterocycles. The summed E-state index contributed by atoms with van der Waals surface area (Å²) in [6.45, 7) is 3.03. The molecule has 2 fully saturated rings. The van der Waals surface area contributed by atoms with E-state index in [0.29, 0.717) is 6.10 Å². The average molecular weight is 156 g/mol. The Balaban J connectivity index is 2.00. The SMILES string of the molecule is CC1CCOC2(CCCC2)O1. The van der Waals surface area contributed by atoms with Crippen LogP contribution in [0, 0.1) is 0 Å². The van der Waals surface area contributed by atoms with Gasteiger partial charge in [0.05, 0.1) is 12.7 Å². The molecular weight excluding hydrogens is 140 g/mol. The van der Waals surface area contributed by atoms with E-state index >= 15 is 0 Å². The minimum Gasteiger partial charge on any atom is -0.350 e. The van der Waals surface area contributed by atoms with E-state index in [9.17, 15) is 0 Å². The van der Waals surface area contributed by atoms with Crippen LogP contribution in [0.2, 0.25) is 0 Å². The number of hydrogen-bond donors (Lipinski definition) is 0. The molecular formula is C9H16O2. The topological polar surface area (TPSA) is 18.5 Å². The van der Waals surface area contributed by atoms with Gasteiger partial charge in [0.25, 0.3) is 0 Å². The molecule has 0 bridgehead atoms. The first-order chi connectivity index (χ1) is 5.31. The lowest BCUT2D eigenvalue weighted by Crippen LogP contribution is -2.41. The molecule has 2 nitrogen and oxygen atoms in total. The minimum atomic E-state index is -0.155. The second-order valence-corrected chi connectivity index (χ2v) is 3.68. The second kappa shape index (κ2) is 2.76. The normalized spacial score (nSPS) is 36.3. The Morgan fingerprint density at radius 2 is 2.00 bits per heavy atom. The highest BCUT2D eigenvalue weighted by Crippen LogP contribution is 2.37. The third-order valence-electron chi connectivity index (χ3n) is 2.67. The lowest BCUT2D eigenvalue weighted by Gasteiger charge is -2.37. The summed E-state index contributed by atoms with van der Waals surface area (Å²) in [5, 5.41) is 0. The molecule has 0 aromatic heterocycles. The molecule has 1 atom stereocenters. The van der Waals surface area contributed by atoms with E-state index in [2.05, 4.69) is 6.92 Å². The van der Waals surface area contributed by atoms with Crippen LogP contribution < -0.4 is 0 Å². The molecule has 0 aromatic rings. The lowest BCUT2D eigenvalue weighted by molar-refractivity contribution is -0.285. The van der Waals surface area contributed by atoms with Gasteiger partial charge in [-0.1, -0.05) is 0 Å². The zero-order valence-corrected chi connectivity index (χ0v) is 7.14. The van der Waals surface area contributed by atoms with Crippen molar-refractivity contribution in [2.24, 2.45) is 0 Å². The maximum absolute atomic E-state index is 5.81. The molecule has 2 heteroatoms. The quantitative estimate of drug-likeness (QED) is 0.534. The molecule has 0 radical (unpaired) electrons. The zero-order valence-electron chi connectivity index (χ0n) is 7.14. The monoisotopic (exact) mass is 156 g/mol. The van der Waals surface area contributed by atoms with Crippen molar-refractivity contribution in [2.75, 3.05) is 6.61 Å². The second-order valence-electron chi connectivity index (χ2n) is 3.68. The van der Waals surface area contributed by atoms with E-state index in [-0.39, 0.29) is 5.79 Å². The van der Waals surface area contributed by atoms with Crippen molar-refractivity contribution in [2.45, 2.75) is 50.9 Å². The standard InChI is InChI=1S/C9H16O2/c1-8-4-7-10-9(11-8)5-2-3-6-9/h8H,2-7H2,1H3. The Morgan fingerprint density at radius 1 is 1.27 bits per heavy atom. The molecule has 2 aliphatic rings. The summed E-state index contributed by atoms with van der Waals surface area (Å²) in [5.74, 6) is -0.155. The van der Waals surface area contributed by atoms with Crippen LogP contribution in [0.3, 0.4) is 0 Å². The van der Waals surface area contributed by atoms with E-state index in [1.165, 1.54) is 12.8 Å². The predicted octanol–water partition coefficient (Wildman–Crippen LogP) is 2.08. The summed E-state index contributed by atoms with van der Waals surface area (Å²) < 4.78 is 11.5. The van der Waals surface area contributed by atoms with Crippen LogP contribution in [-0.2, 0) is 9.47 Å². The van der Waals surface area contributed by atoms with Gasteiger partial charge in [0, 0.05) is 12.8 Å². The Hall–Kier alpha value is -0.0800. The van der Waals surface area contributed by atoms with Gasteiger partial charge in [0.15, 0.2) is 5.79 Å². The summed E-state index contributed by atoms with van der Waals surface area (Å²) in [4.78, 5) is 0. The van der Waals surface area contributed by atoms with Crippen LogP contribution >= 0.6 is 0 Å². The maximum atomic E-state index is 5.81. The van der Waals surface area contributed by atoms with Crippen molar-refractivity contribution in [1.82, 2.24) is 0 Å². The fraction of sp³-hybridized carbons (Fsp3) is 1.00. The first kappa shape index (κ1) is 7.56. The van der Waals surface area contributed by atoms with Crippen LogP contribution in [0.1, 0.15) is 39.0 Å². The summed E-state index contributed by atoms with van der Waals surface area (Å²) in [6, 6.07) is 0. The highest BCUT2D eigenvalue weighted by molar-refractivity contribution is 4.80. The Morgan fingerprint density at radius 3 is 2.64 bits per heavy atom. The van der Waals surface area contributed by atoms with Gasteiger partial charge in [0.1, 0.15) is 0 Å². The molecule has 1 saturated heterocycles. The van der Waals surface area contributed by atoms with Crippen LogP contribution in [-0.4, -0.2) is 18.5 Å². The highest BCUT2D eigenvalue weighted by atomic mass is 16.7. The molecule has 11 heavy (non-hydrogen) atoms. The van der Waals surface area contributed by atoms with Crippen LogP contribution in [0.25, 0.3) is 0 Å². The molecule has 64 valence electrons. The number of ether oxygens (including phenoxy) is 2. The molecule has 2 rings (SSSR count). The smallest absolute Gasteiger partial charge is 0.168 e. The van der Waals surface area contributed by atoms with E-state index in [0.717, 1.165) is 25.9 Å². The van der Waals surface area contributed by atoms with E-state index in [1.54, 1.807) is 0 Å². The number of rotatable bonds is 0. The van der Waals surface area contributed by atoms with Crippen molar-refractivity contribution in [3.05, 3.63) is 0 Å². The summed E-state index contributed by atoms with van der Waals surface area (Å²) in [7, 11) is 0.